The summed E-state index contributed by atoms with van der Waals surface area (Å²) in [5.41, 5.74) is 6.24. The molecule has 0 aliphatic carbocycles. The van der Waals surface area contributed by atoms with Gasteiger partial charge in [-0.15, -0.1) is 0 Å². The maximum atomic E-state index is 11.8. The van der Waals surface area contributed by atoms with E-state index in [9.17, 15) is 4.79 Å². The Morgan fingerprint density at radius 3 is 2.76 bits per heavy atom. The van der Waals surface area contributed by atoms with Gasteiger partial charge in [0.15, 0.2) is 6.61 Å². The lowest BCUT2D eigenvalue weighted by Crippen LogP contribution is -2.36. The van der Waals surface area contributed by atoms with Crippen LogP contribution < -0.4 is 15.8 Å². The zero-order chi connectivity index (χ0) is 15.1. The lowest BCUT2D eigenvalue weighted by atomic mass is 10.1. The van der Waals surface area contributed by atoms with Crippen LogP contribution in [0.3, 0.4) is 0 Å². The lowest BCUT2D eigenvalue weighted by Gasteiger charge is -2.13. The average molecular weight is 288 g/mol. The van der Waals surface area contributed by atoms with Crippen molar-refractivity contribution in [2.45, 2.75) is 25.8 Å². The van der Waals surface area contributed by atoms with E-state index in [-0.39, 0.29) is 18.6 Å². The number of benzene rings is 1. The van der Waals surface area contributed by atoms with Gasteiger partial charge < -0.3 is 20.2 Å². The van der Waals surface area contributed by atoms with Gasteiger partial charge in [0.25, 0.3) is 5.91 Å². The molecule has 1 aromatic heterocycles. The number of nitrogens with one attached hydrogen (secondary N) is 1. The van der Waals surface area contributed by atoms with Crippen molar-refractivity contribution in [1.29, 1.82) is 0 Å². The Balaban J connectivity index is 1.67. The number of nitrogens with two attached hydrogens (primary N) is 1. The third-order valence-electron chi connectivity index (χ3n) is 3.06. The van der Waals surface area contributed by atoms with Crippen molar-refractivity contribution in [3.8, 4) is 5.75 Å². The molecule has 0 radical (unpaired) electrons. The molecule has 21 heavy (non-hydrogen) atoms. The highest BCUT2D eigenvalue weighted by molar-refractivity contribution is 5.77. The fourth-order valence-corrected chi connectivity index (χ4v) is 1.92. The van der Waals surface area contributed by atoms with E-state index in [1.165, 1.54) is 0 Å². The zero-order valence-corrected chi connectivity index (χ0v) is 12.0. The second-order valence-electron chi connectivity index (χ2n) is 4.94. The van der Waals surface area contributed by atoms with Gasteiger partial charge >= 0.3 is 0 Å². The molecule has 2 rings (SSSR count). The van der Waals surface area contributed by atoms with Crippen molar-refractivity contribution in [3.63, 3.8) is 0 Å². The van der Waals surface area contributed by atoms with Gasteiger partial charge in [-0.1, -0.05) is 0 Å². The molecule has 3 N–H and O–H groups in total. The molecule has 1 aromatic carbocycles. The van der Waals surface area contributed by atoms with Crippen LogP contribution in [0.4, 0.5) is 5.69 Å². The van der Waals surface area contributed by atoms with Crippen molar-refractivity contribution >= 4 is 11.6 Å². The van der Waals surface area contributed by atoms with Crippen LogP contribution in [0, 0.1) is 0 Å². The number of rotatable bonds is 7. The number of hydrogen-bond acceptors (Lipinski definition) is 4. The maximum absolute atomic E-state index is 11.8. The normalized spacial score (nSPS) is 11.9. The Morgan fingerprint density at radius 2 is 2.10 bits per heavy atom. The first-order valence-electron chi connectivity index (χ1n) is 6.93. The van der Waals surface area contributed by atoms with E-state index in [2.05, 4.69) is 5.32 Å². The minimum absolute atomic E-state index is 0.00495. The van der Waals surface area contributed by atoms with Gasteiger partial charge in [0.05, 0.1) is 6.26 Å². The molecule has 2 aromatic rings. The summed E-state index contributed by atoms with van der Waals surface area (Å²) in [4.78, 5) is 11.8. The number of carbonyl (C=O) groups is 1. The SMILES string of the molecule is CC(CCc1ccco1)NC(=O)COc1ccc(N)cc1. The van der Waals surface area contributed by atoms with E-state index in [4.69, 9.17) is 14.9 Å². The third kappa shape index (κ3) is 5.22. The van der Waals surface area contributed by atoms with E-state index in [1.54, 1.807) is 30.5 Å². The zero-order valence-electron chi connectivity index (χ0n) is 12.0. The number of hydrogen-bond donors (Lipinski definition) is 2. The minimum Gasteiger partial charge on any atom is -0.484 e. The van der Waals surface area contributed by atoms with Crippen LogP contribution in [-0.4, -0.2) is 18.6 Å². The van der Waals surface area contributed by atoms with Crippen molar-refractivity contribution in [2.75, 3.05) is 12.3 Å². The molecule has 1 unspecified atom stereocenters. The summed E-state index contributed by atoms with van der Waals surface area (Å²) in [6, 6.07) is 10.8. The molecule has 0 aliphatic heterocycles. The molecule has 0 bridgehead atoms. The first kappa shape index (κ1) is 15.0. The summed E-state index contributed by atoms with van der Waals surface area (Å²) in [7, 11) is 0. The second-order valence-corrected chi connectivity index (χ2v) is 4.94. The van der Waals surface area contributed by atoms with Crippen molar-refractivity contribution in [2.24, 2.45) is 0 Å². The fraction of sp³-hybridized carbons (Fsp3) is 0.312. The summed E-state index contributed by atoms with van der Waals surface area (Å²) >= 11 is 0. The molecular weight excluding hydrogens is 268 g/mol. The molecule has 0 spiro atoms. The van der Waals surface area contributed by atoms with Gasteiger partial charge in [0, 0.05) is 18.2 Å². The van der Waals surface area contributed by atoms with Crippen LogP contribution in [0.25, 0.3) is 0 Å². The molecule has 1 atom stereocenters. The number of ether oxygens (including phenoxy) is 1. The van der Waals surface area contributed by atoms with Gasteiger partial charge in [-0.05, 0) is 49.7 Å². The number of amides is 1. The van der Waals surface area contributed by atoms with Crippen molar-refractivity contribution < 1.29 is 13.9 Å². The molecule has 5 heteroatoms. The third-order valence-corrected chi connectivity index (χ3v) is 3.06. The smallest absolute Gasteiger partial charge is 0.258 e. The number of aryl methyl sites for hydroxylation is 1. The highest BCUT2D eigenvalue weighted by Crippen LogP contribution is 2.12. The Hall–Kier alpha value is -2.43. The van der Waals surface area contributed by atoms with Gasteiger partial charge in [-0.3, -0.25) is 4.79 Å². The maximum Gasteiger partial charge on any atom is 0.258 e. The van der Waals surface area contributed by atoms with Crippen LogP contribution in [0.5, 0.6) is 5.75 Å². The summed E-state index contributed by atoms with van der Waals surface area (Å²) in [6.07, 6.45) is 3.27. The summed E-state index contributed by atoms with van der Waals surface area (Å²) in [5.74, 6) is 1.41. The molecule has 0 aliphatic rings. The van der Waals surface area contributed by atoms with Gasteiger partial charge in [-0.2, -0.15) is 0 Å². The Bertz CT molecular complexity index is 549. The largest absolute Gasteiger partial charge is 0.484 e. The predicted molar refractivity (Wildman–Crippen MR) is 81.0 cm³/mol. The standard InChI is InChI=1S/C16H20N2O3/c1-12(4-7-14-3-2-10-20-14)18-16(19)11-21-15-8-5-13(17)6-9-15/h2-3,5-6,8-10,12H,4,7,11,17H2,1H3,(H,18,19). The van der Waals surface area contributed by atoms with Gasteiger partial charge in [0.1, 0.15) is 11.5 Å². The van der Waals surface area contributed by atoms with E-state index in [1.807, 2.05) is 19.1 Å². The monoisotopic (exact) mass is 288 g/mol. The minimum atomic E-state index is -0.140. The number of furan rings is 1. The van der Waals surface area contributed by atoms with E-state index in [0.717, 1.165) is 18.6 Å². The summed E-state index contributed by atoms with van der Waals surface area (Å²) in [6.45, 7) is 1.96. The summed E-state index contributed by atoms with van der Waals surface area (Å²) < 4.78 is 10.6. The van der Waals surface area contributed by atoms with Crippen LogP contribution in [-0.2, 0) is 11.2 Å². The quantitative estimate of drug-likeness (QED) is 0.767. The van der Waals surface area contributed by atoms with Crippen molar-refractivity contribution in [1.82, 2.24) is 5.32 Å². The molecule has 0 saturated carbocycles. The van der Waals surface area contributed by atoms with Crippen LogP contribution in [0.1, 0.15) is 19.1 Å². The predicted octanol–water partition coefficient (Wildman–Crippen LogP) is 2.38. The van der Waals surface area contributed by atoms with Crippen LogP contribution >= 0.6 is 0 Å². The molecule has 1 heterocycles. The number of carbonyl (C=O) groups excluding carboxylic acids is 1. The topological polar surface area (TPSA) is 77.5 Å². The lowest BCUT2D eigenvalue weighted by molar-refractivity contribution is -0.123. The Kier molecular flexibility index (Phi) is 5.26. The molecule has 112 valence electrons. The first-order valence-corrected chi connectivity index (χ1v) is 6.93. The Morgan fingerprint density at radius 1 is 1.33 bits per heavy atom. The van der Waals surface area contributed by atoms with E-state index >= 15 is 0 Å². The van der Waals surface area contributed by atoms with Gasteiger partial charge in [0.2, 0.25) is 0 Å². The molecular formula is C16H20N2O3. The highest BCUT2D eigenvalue weighted by atomic mass is 16.5. The first-order chi connectivity index (χ1) is 10.1. The fourth-order valence-electron chi connectivity index (χ4n) is 1.92. The number of anilines is 1. The van der Waals surface area contributed by atoms with Crippen LogP contribution in [0.2, 0.25) is 0 Å². The molecule has 1 amide bonds. The molecule has 0 fully saturated rings. The van der Waals surface area contributed by atoms with Crippen LogP contribution in [0.15, 0.2) is 47.1 Å². The highest BCUT2D eigenvalue weighted by Gasteiger charge is 2.09. The van der Waals surface area contributed by atoms with Crippen molar-refractivity contribution in [3.05, 3.63) is 48.4 Å². The van der Waals surface area contributed by atoms with E-state index in [0.29, 0.717) is 11.4 Å². The van der Waals surface area contributed by atoms with E-state index < -0.39 is 0 Å². The van der Waals surface area contributed by atoms with Gasteiger partial charge in [-0.25, -0.2) is 0 Å². The second kappa shape index (κ2) is 7.38. The number of nitrogen functional groups attached to an aromatic ring is 1. The average Bonchev–Trinajstić information content (AvgIpc) is 2.98. The molecule has 0 saturated heterocycles. The Labute approximate surface area is 124 Å². The molecule has 5 nitrogen and oxygen atoms in total. The summed E-state index contributed by atoms with van der Waals surface area (Å²) in [5, 5.41) is 2.89.